The van der Waals surface area contributed by atoms with Crippen molar-refractivity contribution in [2.75, 3.05) is 40.9 Å². The van der Waals surface area contributed by atoms with E-state index in [2.05, 4.69) is 26.1 Å². The molecule has 0 aromatic rings. The van der Waals surface area contributed by atoms with Gasteiger partial charge in [-0.1, -0.05) is 194 Å². The van der Waals surface area contributed by atoms with Gasteiger partial charge in [-0.2, -0.15) is 0 Å². The summed E-state index contributed by atoms with van der Waals surface area (Å²) in [4.78, 5) is 25.4. The number of rotatable bonds is 41. The molecule has 5 atom stereocenters. The van der Waals surface area contributed by atoms with Crippen molar-refractivity contribution in [3.63, 3.8) is 0 Å². The number of carbonyl (C=O) groups excluding carboxylic acids is 1. The van der Waals surface area contributed by atoms with Crippen LogP contribution in [0.25, 0.3) is 0 Å². The molecular weight excluding hydrogens is 715 g/mol. The van der Waals surface area contributed by atoms with Gasteiger partial charge in [0.05, 0.1) is 39.9 Å². The third-order valence-corrected chi connectivity index (χ3v) is 11.7. The predicted molar refractivity (Wildman–Crippen MR) is 227 cm³/mol. The van der Waals surface area contributed by atoms with E-state index in [-0.39, 0.29) is 13.0 Å². The lowest BCUT2D eigenvalue weighted by Gasteiger charge is -2.31. The van der Waals surface area contributed by atoms with Crippen LogP contribution >= 0.6 is 7.82 Å². The second-order valence-corrected chi connectivity index (χ2v) is 19.3. The zero-order valence-electron chi connectivity index (χ0n) is 36.8. The summed E-state index contributed by atoms with van der Waals surface area (Å²) in [7, 11) is 0.987. The monoisotopic (exact) mass is 807 g/mol. The minimum atomic E-state index is -4.73. The lowest BCUT2D eigenvalue weighted by molar-refractivity contribution is -0.870. The van der Waals surface area contributed by atoms with Crippen LogP contribution in [-0.2, 0) is 18.4 Å². The van der Waals surface area contributed by atoms with Crippen LogP contribution in [0.5, 0.6) is 0 Å². The van der Waals surface area contributed by atoms with Crippen molar-refractivity contribution in [1.82, 2.24) is 5.32 Å². The van der Waals surface area contributed by atoms with E-state index in [1.165, 1.54) is 122 Å². The molecule has 0 aliphatic heterocycles. The quantitative estimate of drug-likeness (QED) is 0.0271. The van der Waals surface area contributed by atoms with E-state index in [0.29, 0.717) is 30.3 Å². The third kappa shape index (κ3) is 36.3. The first-order valence-electron chi connectivity index (χ1n) is 22.9. The highest BCUT2D eigenvalue weighted by Gasteiger charge is 2.31. The van der Waals surface area contributed by atoms with Gasteiger partial charge in [0.2, 0.25) is 5.91 Å². The lowest BCUT2D eigenvalue weighted by Crippen LogP contribution is -2.53. The van der Waals surface area contributed by atoms with Crippen LogP contribution in [-0.4, -0.2) is 91.0 Å². The number of aliphatic hydroxyl groups excluding tert-OH is 3. The zero-order valence-corrected chi connectivity index (χ0v) is 37.7. The smallest absolute Gasteiger partial charge is 0.268 e. The third-order valence-electron chi connectivity index (χ3n) is 10.7. The molecule has 0 saturated carbocycles. The molecule has 0 bridgehead atoms. The maximum Gasteiger partial charge on any atom is 0.268 e. The Morgan fingerprint density at radius 1 is 0.618 bits per heavy atom. The number of hydrogen-bond donors (Lipinski definition) is 4. The van der Waals surface area contributed by atoms with Gasteiger partial charge in [0.25, 0.3) is 7.82 Å². The first-order valence-corrected chi connectivity index (χ1v) is 24.4. The van der Waals surface area contributed by atoms with E-state index in [4.69, 9.17) is 9.05 Å². The van der Waals surface area contributed by atoms with Gasteiger partial charge in [-0.15, -0.1) is 0 Å². The van der Waals surface area contributed by atoms with E-state index in [1.807, 2.05) is 21.1 Å². The second kappa shape index (κ2) is 35.4. The summed E-state index contributed by atoms with van der Waals surface area (Å²) < 4.78 is 23.0. The van der Waals surface area contributed by atoms with Gasteiger partial charge in [0, 0.05) is 0 Å². The topological polar surface area (TPSA) is 148 Å². The molecule has 0 aliphatic carbocycles. The number of phosphoric ester groups is 1. The van der Waals surface area contributed by atoms with Crippen molar-refractivity contribution in [3.05, 3.63) is 0 Å². The van der Waals surface area contributed by atoms with Crippen LogP contribution in [0.15, 0.2) is 0 Å². The molecule has 55 heavy (non-hydrogen) atoms. The minimum absolute atomic E-state index is 0.0808. The number of nitrogens with zero attached hydrogens (tertiary/aromatic N) is 1. The second-order valence-electron chi connectivity index (χ2n) is 17.9. The first kappa shape index (κ1) is 54.4. The molecule has 1 amide bonds. The fraction of sp³-hybridized carbons (Fsp3) is 0.977. The lowest BCUT2D eigenvalue weighted by atomic mass is 9.99. The van der Waals surface area contributed by atoms with Gasteiger partial charge < -0.3 is 39.1 Å². The van der Waals surface area contributed by atoms with Crippen molar-refractivity contribution < 1.29 is 43.1 Å². The molecule has 0 saturated heterocycles. The van der Waals surface area contributed by atoms with Gasteiger partial charge in [-0.3, -0.25) is 9.36 Å². The molecule has 0 aromatic heterocycles. The fourth-order valence-corrected chi connectivity index (χ4v) is 7.64. The largest absolute Gasteiger partial charge is 0.756 e. The summed E-state index contributed by atoms with van der Waals surface area (Å²) in [5, 5.41) is 35.0. The number of likely N-dealkylation sites (N-methyl/N-ethyl adjacent to an activating group) is 1. The van der Waals surface area contributed by atoms with Gasteiger partial charge in [0.15, 0.2) is 0 Å². The Morgan fingerprint density at radius 3 is 1.40 bits per heavy atom. The maximum absolute atomic E-state index is 13.0. The average Bonchev–Trinajstić information content (AvgIpc) is 3.12. The highest BCUT2D eigenvalue weighted by molar-refractivity contribution is 7.45. The SMILES string of the molecule is CCCCCCCCCCCCCCCCCCCCC(O)C(=O)N[C@@H](COP(=O)([O-])OCC[N+](C)(C)C)[C@H](O)[C@H](O)CCCCCCCCCCC(C)C. The summed E-state index contributed by atoms with van der Waals surface area (Å²) in [6.07, 6.45) is 29.3. The van der Waals surface area contributed by atoms with Gasteiger partial charge in [0.1, 0.15) is 25.4 Å². The van der Waals surface area contributed by atoms with Crippen LogP contribution in [0.2, 0.25) is 0 Å². The molecule has 4 N–H and O–H groups in total. The molecular formula is C44H91N2O8P. The number of hydrogen-bond acceptors (Lipinski definition) is 8. The Bertz CT molecular complexity index is 919. The zero-order chi connectivity index (χ0) is 41.2. The van der Waals surface area contributed by atoms with E-state index in [9.17, 15) is 29.6 Å². The summed E-state index contributed by atoms with van der Waals surface area (Å²) >= 11 is 0. The Balaban J connectivity index is 4.52. The molecule has 0 fully saturated rings. The van der Waals surface area contributed by atoms with Crippen LogP contribution in [0.3, 0.4) is 0 Å². The highest BCUT2D eigenvalue weighted by Crippen LogP contribution is 2.38. The Kier molecular flexibility index (Phi) is 35.0. The van der Waals surface area contributed by atoms with E-state index >= 15 is 0 Å². The van der Waals surface area contributed by atoms with Crippen LogP contribution < -0.4 is 10.2 Å². The summed E-state index contributed by atoms with van der Waals surface area (Å²) in [5.74, 6) is 0.0394. The summed E-state index contributed by atoms with van der Waals surface area (Å²) in [6.45, 7) is 6.52. The number of amides is 1. The molecule has 10 nitrogen and oxygen atoms in total. The molecule has 0 aromatic carbocycles. The molecule has 11 heteroatoms. The van der Waals surface area contributed by atoms with E-state index in [0.717, 1.165) is 44.4 Å². The summed E-state index contributed by atoms with van der Waals surface area (Å²) in [5.41, 5.74) is 0. The van der Waals surface area contributed by atoms with Gasteiger partial charge in [-0.05, 0) is 18.8 Å². The predicted octanol–water partition coefficient (Wildman–Crippen LogP) is 9.75. The molecule has 0 aliphatic rings. The van der Waals surface area contributed by atoms with Crippen LogP contribution in [0.4, 0.5) is 0 Å². The maximum atomic E-state index is 13.0. The van der Waals surface area contributed by atoms with Crippen LogP contribution in [0, 0.1) is 5.92 Å². The summed E-state index contributed by atoms with van der Waals surface area (Å²) in [6, 6.07) is -1.24. The Hall–Kier alpha value is -0.580. The average molecular weight is 807 g/mol. The van der Waals surface area contributed by atoms with Gasteiger partial charge in [-0.25, -0.2) is 0 Å². The fourth-order valence-electron chi connectivity index (χ4n) is 6.92. The van der Waals surface area contributed by atoms with Crippen LogP contribution in [0.1, 0.15) is 207 Å². The number of unbranched alkanes of at least 4 members (excludes halogenated alkanes) is 24. The number of nitrogens with one attached hydrogen (secondary N) is 1. The first-order chi connectivity index (χ1) is 26.2. The Morgan fingerprint density at radius 2 is 1.00 bits per heavy atom. The molecule has 0 radical (unpaired) electrons. The standard InChI is InChI=1S/C44H91N2O8P/c1-7-8-9-10-11-12-13-14-15-16-17-18-19-20-21-26-29-32-35-42(48)44(50)45-40(38-54-55(51,52)53-37-36-46(4,5)6)43(49)41(47)34-31-28-25-23-22-24-27-30-33-39(2)3/h39-43,47-49H,7-38H2,1-6H3,(H-,45,50,51,52)/t40-,41+,42?,43-/m0/s1. The minimum Gasteiger partial charge on any atom is -0.756 e. The van der Waals surface area contributed by atoms with Crippen molar-refractivity contribution in [2.24, 2.45) is 5.92 Å². The Labute approximate surface area is 339 Å². The van der Waals surface area contributed by atoms with E-state index in [1.54, 1.807) is 0 Å². The highest BCUT2D eigenvalue weighted by atomic mass is 31.2. The van der Waals surface area contributed by atoms with E-state index < -0.39 is 44.7 Å². The molecule has 2 unspecified atom stereocenters. The van der Waals surface area contributed by atoms with Crippen molar-refractivity contribution >= 4 is 13.7 Å². The van der Waals surface area contributed by atoms with Crippen molar-refractivity contribution in [2.45, 2.75) is 231 Å². The normalized spacial score (nSPS) is 15.5. The molecule has 330 valence electrons. The van der Waals surface area contributed by atoms with Crippen molar-refractivity contribution in [1.29, 1.82) is 0 Å². The number of aliphatic hydroxyl groups is 3. The number of quaternary nitrogens is 1. The van der Waals surface area contributed by atoms with Gasteiger partial charge >= 0.3 is 0 Å². The molecule has 0 heterocycles. The molecule has 0 rings (SSSR count). The number of carbonyl (C=O) groups is 1. The molecule has 0 spiro atoms. The van der Waals surface area contributed by atoms with Crippen molar-refractivity contribution in [3.8, 4) is 0 Å². The number of phosphoric acid groups is 1.